The van der Waals surface area contributed by atoms with Crippen LogP contribution in [0.2, 0.25) is 0 Å². The highest BCUT2D eigenvalue weighted by molar-refractivity contribution is 7.13. The lowest BCUT2D eigenvalue weighted by atomic mass is 10.0. The second-order valence-corrected chi connectivity index (χ2v) is 9.64. The molecular formula is C27H26FN5O2S. The van der Waals surface area contributed by atoms with Gasteiger partial charge in [0.15, 0.2) is 0 Å². The van der Waals surface area contributed by atoms with Crippen LogP contribution in [0.1, 0.15) is 53.5 Å². The number of rotatable bonds is 9. The average Bonchev–Trinajstić information content (AvgIpc) is 3.56. The van der Waals surface area contributed by atoms with Gasteiger partial charge in [-0.25, -0.2) is 9.37 Å². The van der Waals surface area contributed by atoms with Gasteiger partial charge in [-0.3, -0.25) is 14.6 Å². The number of unbranched alkanes of at least 4 members (excludes halogenated alkanes) is 1. The monoisotopic (exact) mass is 503 g/mol. The Labute approximate surface area is 212 Å². The SMILES string of the molecule is CCCCNC(=O)c1csc(-c2cc3c(Nc4ccccc4)c(C(=O)NC4CC4)cnc3cc2F)n1. The van der Waals surface area contributed by atoms with Gasteiger partial charge in [-0.05, 0) is 37.5 Å². The molecule has 5 rings (SSSR count). The van der Waals surface area contributed by atoms with Gasteiger partial charge < -0.3 is 16.0 Å². The maximum absolute atomic E-state index is 15.2. The van der Waals surface area contributed by atoms with Crippen LogP contribution < -0.4 is 16.0 Å². The van der Waals surface area contributed by atoms with Crippen molar-refractivity contribution in [3.05, 3.63) is 71.1 Å². The summed E-state index contributed by atoms with van der Waals surface area (Å²) in [5.41, 5.74) is 2.62. The average molecular weight is 504 g/mol. The van der Waals surface area contributed by atoms with Crippen LogP contribution in [-0.4, -0.2) is 34.4 Å². The van der Waals surface area contributed by atoms with Crippen LogP contribution in [0, 0.1) is 5.82 Å². The molecule has 0 radical (unpaired) electrons. The predicted octanol–water partition coefficient (Wildman–Crippen LogP) is 5.66. The van der Waals surface area contributed by atoms with Crippen LogP contribution in [-0.2, 0) is 0 Å². The number of thiazole rings is 1. The molecule has 1 saturated carbocycles. The molecule has 36 heavy (non-hydrogen) atoms. The van der Waals surface area contributed by atoms with E-state index < -0.39 is 5.82 Å². The molecular weight excluding hydrogens is 477 g/mol. The number of hydrogen-bond acceptors (Lipinski definition) is 6. The van der Waals surface area contributed by atoms with Crippen LogP contribution >= 0.6 is 11.3 Å². The molecule has 0 atom stereocenters. The standard InChI is InChI=1S/C27H26FN5O2S/c1-2-3-11-29-26(35)23-15-36-27(33-23)18-12-19-22(13-21(18)28)30-14-20(25(34)32-17-9-10-17)24(19)31-16-7-5-4-6-8-16/h4-8,12-15,17H,2-3,9-11H2,1H3,(H,29,35)(H,30,31)(H,32,34). The first-order valence-electron chi connectivity index (χ1n) is 12.0. The third kappa shape index (κ3) is 5.21. The van der Waals surface area contributed by atoms with E-state index in [-0.39, 0.29) is 29.1 Å². The minimum absolute atomic E-state index is 0.179. The van der Waals surface area contributed by atoms with E-state index in [0.29, 0.717) is 33.7 Å². The Hall–Kier alpha value is -3.85. The Bertz CT molecular complexity index is 1420. The van der Waals surface area contributed by atoms with Crippen LogP contribution in [0.5, 0.6) is 0 Å². The summed E-state index contributed by atoms with van der Waals surface area (Å²) in [6.07, 6.45) is 5.25. The Kier molecular flexibility index (Phi) is 6.90. The van der Waals surface area contributed by atoms with Gasteiger partial charge in [0, 0.05) is 46.9 Å². The molecule has 7 nitrogen and oxygen atoms in total. The third-order valence-electron chi connectivity index (χ3n) is 5.94. The Morgan fingerprint density at radius 1 is 1.14 bits per heavy atom. The molecule has 2 aromatic carbocycles. The number of hydrogen-bond donors (Lipinski definition) is 3. The highest BCUT2D eigenvalue weighted by Gasteiger charge is 2.26. The molecule has 2 aromatic heterocycles. The molecule has 0 aliphatic heterocycles. The Morgan fingerprint density at radius 3 is 2.69 bits per heavy atom. The van der Waals surface area contributed by atoms with Crippen molar-refractivity contribution in [3.8, 4) is 10.6 Å². The van der Waals surface area contributed by atoms with Gasteiger partial charge in [0.25, 0.3) is 11.8 Å². The molecule has 0 unspecified atom stereocenters. The summed E-state index contributed by atoms with van der Waals surface area (Å²) in [5.74, 6) is -1.00. The van der Waals surface area contributed by atoms with E-state index in [0.717, 1.165) is 31.4 Å². The number of halogens is 1. The van der Waals surface area contributed by atoms with Gasteiger partial charge in [-0.2, -0.15) is 0 Å². The summed E-state index contributed by atoms with van der Waals surface area (Å²) >= 11 is 1.20. The van der Waals surface area contributed by atoms with Gasteiger partial charge >= 0.3 is 0 Å². The zero-order valence-corrected chi connectivity index (χ0v) is 20.6. The number of para-hydroxylation sites is 1. The summed E-state index contributed by atoms with van der Waals surface area (Å²) in [5, 5.41) is 11.8. The second kappa shape index (κ2) is 10.4. The van der Waals surface area contributed by atoms with E-state index in [1.807, 2.05) is 37.3 Å². The van der Waals surface area contributed by atoms with Gasteiger partial charge in [0.2, 0.25) is 0 Å². The molecule has 3 N–H and O–H groups in total. The molecule has 1 aliphatic carbocycles. The topological polar surface area (TPSA) is 96.0 Å². The number of aromatic nitrogens is 2. The third-order valence-corrected chi connectivity index (χ3v) is 6.82. The van der Waals surface area contributed by atoms with Crippen molar-refractivity contribution in [2.45, 2.75) is 38.6 Å². The number of anilines is 2. The van der Waals surface area contributed by atoms with Crippen molar-refractivity contribution in [1.29, 1.82) is 0 Å². The first-order chi connectivity index (χ1) is 17.5. The molecule has 0 spiro atoms. The number of benzene rings is 2. The second-order valence-electron chi connectivity index (χ2n) is 8.78. The van der Waals surface area contributed by atoms with E-state index in [9.17, 15) is 9.59 Å². The largest absolute Gasteiger partial charge is 0.354 e. The first kappa shape index (κ1) is 23.9. The highest BCUT2D eigenvalue weighted by Crippen LogP contribution is 2.35. The van der Waals surface area contributed by atoms with Crippen LogP contribution in [0.3, 0.4) is 0 Å². The van der Waals surface area contributed by atoms with Crippen molar-refractivity contribution in [2.75, 3.05) is 11.9 Å². The zero-order valence-electron chi connectivity index (χ0n) is 19.8. The number of pyridine rings is 1. The van der Waals surface area contributed by atoms with Crippen molar-refractivity contribution < 1.29 is 14.0 Å². The summed E-state index contributed by atoms with van der Waals surface area (Å²) in [7, 11) is 0. The van der Waals surface area contributed by atoms with Gasteiger partial charge in [0.1, 0.15) is 16.5 Å². The smallest absolute Gasteiger partial charge is 0.270 e. The van der Waals surface area contributed by atoms with E-state index >= 15 is 4.39 Å². The fraction of sp³-hybridized carbons (Fsp3) is 0.259. The molecule has 2 amide bonds. The van der Waals surface area contributed by atoms with Gasteiger partial charge in [0.05, 0.1) is 16.8 Å². The number of carbonyl (C=O) groups excluding carboxylic acids is 2. The number of nitrogens with one attached hydrogen (secondary N) is 3. The molecule has 2 heterocycles. The van der Waals surface area contributed by atoms with Crippen LogP contribution in [0.25, 0.3) is 21.5 Å². The van der Waals surface area contributed by atoms with Crippen molar-refractivity contribution in [1.82, 2.24) is 20.6 Å². The van der Waals surface area contributed by atoms with E-state index in [4.69, 9.17) is 0 Å². The van der Waals surface area contributed by atoms with Gasteiger partial charge in [-0.1, -0.05) is 31.5 Å². The molecule has 0 bridgehead atoms. The van der Waals surface area contributed by atoms with Crippen molar-refractivity contribution in [3.63, 3.8) is 0 Å². The van der Waals surface area contributed by atoms with E-state index in [2.05, 4.69) is 25.9 Å². The maximum Gasteiger partial charge on any atom is 0.270 e. The fourth-order valence-electron chi connectivity index (χ4n) is 3.81. The Morgan fingerprint density at radius 2 is 1.94 bits per heavy atom. The number of nitrogens with zero attached hydrogens (tertiary/aromatic N) is 2. The first-order valence-corrected chi connectivity index (χ1v) is 12.9. The zero-order chi connectivity index (χ0) is 25.1. The number of carbonyl (C=O) groups is 2. The summed E-state index contributed by atoms with van der Waals surface area (Å²) < 4.78 is 15.2. The molecule has 0 saturated heterocycles. The lowest BCUT2D eigenvalue weighted by Gasteiger charge is -2.15. The summed E-state index contributed by atoms with van der Waals surface area (Å²) in [4.78, 5) is 34.2. The minimum atomic E-state index is -0.497. The summed E-state index contributed by atoms with van der Waals surface area (Å²) in [6, 6.07) is 12.6. The maximum atomic E-state index is 15.2. The molecule has 184 valence electrons. The normalized spacial score (nSPS) is 12.9. The molecule has 1 aliphatic rings. The number of amides is 2. The molecule has 4 aromatic rings. The van der Waals surface area contributed by atoms with Crippen molar-refractivity contribution >= 4 is 45.4 Å². The fourth-order valence-corrected chi connectivity index (χ4v) is 4.63. The Balaban J connectivity index is 1.56. The summed E-state index contributed by atoms with van der Waals surface area (Å²) in [6.45, 7) is 2.62. The highest BCUT2D eigenvalue weighted by atomic mass is 32.1. The van der Waals surface area contributed by atoms with E-state index in [1.54, 1.807) is 11.4 Å². The number of fused-ring (bicyclic) bond motifs is 1. The lowest BCUT2D eigenvalue weighted by Crippen LogP contribution is -2.26. The van der Waals surface area contributed by atoms with Gasteiger partial charge in [-0.15, -0.1) is 11.3 Å². The van der Waals surface area contributed by atoms with Crippen LogP contribution in [0.15, 0.2) is 54.0 Å². The van der Waals surface area contributed by atoms with E-state index in [1.165, 1.54) is 23.6 Å². The van der Waals surface area contributed by atoms with Crippen molar-refractivity contribution in [2.24, 2.45) is 0 Å². The minimum Gasteiger partial charge on any atom is -0.354 e. The molecule has 9 heteroatoms. The quantitative estimate of drug-likeness (QED) is 0.256. The predicted molar refractivity (Wildman–Crippen MR) is 140 cm³/mol. The molecule has 1 fully saturated rings. The van der Waals surface area contributed by atoms with Crippen LogP contribution in [0.4, 0.5) is 15.8 Å². The lowest BCUT2D eigenvalue weighted by molar-refractivity contribution is 0.0942.